The van der Waals surface area contributed by atoms with Crippen molar-refractivity contribution >= 4 is 17.4 Å². The molecule has 7 rings (SSSR count). The van der Waals surface area contributed by atoms with Crippen LogP contribution in [0, 0.1) is 17.0 Å². The Hall–Kier alpha value is -1.98. The monoisotopic (exact) mass is 350 g/mol. The predicted octanol–water partition coefficient (Wildman–Crippen LogP) is 3.01. The summed E-state index contributed by atoms with van der Waals surface area (Å²) in [7, 11) is 0. The van der Waals surface area contributed by atoms with Gasteiger partial charge in [0.1, 0.15) is 18.7 Å². The van der Waals surface area contributed by atoms with Gasteiger partial charge in [0, 0.05) is 25.7 Å². The van der Waals surface area contributed by atoms with Gasteiger partial charge < -0.3 is 14.6 Å². The van der Waals surface area contributed by atoms with E-state index in [-0.39, 0.29) is 40.1 Å². The van der Waals surface area contributed by atoms with Crippen molar-refractivity contribution in [1.82, 2.24) is 0 Å². The number of quaternary nitrogens is 1. The highest BCUT2D eigenvalue weighted by atomic mass is 16.6. The first kappa shape index (κ1) is 15.1. The smallest absolute Gasteiger partial charge is 0.302 e. The second kappa shape index (κ2) is 4.46. The van der Waals surface area contributed by atoms with Gasteiger partial charge in [0.2, 0.25) is 0 Å². The van der Waals surface area contributed by atoms with Crippen molar-refractivity contribution in [2.24, 2.45) is 16.8 Å². The van der Waals surface area contributed by atoms with Crippen LogP contribution in [0.4, 0.5) is 5.69 Å². The Morgan fingerprint density at radius 2 is 2.23 bits per heavy atom. The Labute approximate surface area is 152 Å². The van der Waals surface area contributed by atoms with Crippen LogP contribution in [0.3, 0.4) is 0 Å². The van der Waals surface area contributed by atoms with E-state index in [9.17, 15) is 10.0 Å². The summed E-state index contributed by atoms with van der Waals surface area (Å²) in [6.07, 6.45) is 3.45. The molecule has 1 aliphatic carbocycles. The summed E-state index contributed by atoms with van der Waals surface area (Å²) in [4.78, 5) is 17.0. The third-order valence-electron chi connectivity index (χ3n) is 7.81. The molecule has 1 spiro atoms. The molecule has 5 aliphatic heterocycles. The predicted molar refractivity (Wildman–Crippen MR) is 96.8 cm³/mol. The molecule has 2 unspecified atom stereocenters. The highest BCUT2D eigenvalue weighted by Crippen LogP contribution is 2.68. The lowest BCUT2D eigenvalue weighted by Crippen LogP contribution is -2.73. The molecule has 0 N–H and O–H groups in total. The molecule has 0 radical (unpaired) electrons. The summed E-state index contributed by atoms with van der Waals surface area (Å²) in [5, 5.41) is 14.1. The molecule has 5 bridgehead atoms. The van der Waals surface area contributed by atoms with E-state index in [1.165, 1.54) is 12.5 Å². The van der Waals surface area contributed by atoms with Crippen molar-refractivity contribution in [3.63, 3.8) is 0 Å². The average molecular weight is 350 g/mol. The van der Waals surface area contributed by atoms with Crippen molar-refractivity contribution in [3.8, 4) is 0 Å². The minimum absolute atomic E-state index is 0.0110. The number of esters is 1. The quantitative estimate of drug-likeness (QED) is 0.338. The summed E-state index contributed by atoms with van der Waals surface area (Å²) in [6.45, 7) is 4.09. The zero-order valence-electron chi connectivity index (χ0n) is 15.0. The first-order valence-corrected chi connectivity index (χ1v) is 9.60. The SMILES string of the molecule is C/C=C1/C[N+]2([O-])[C@H]3C[C@@H]1C1[C@@H](OC(C)=O)[C@@]4(C[C@@H]12)C3=Nc1ccccc14. The molecule has 0 amide bonds. The summed E-state index contributed by atoms with van der Waals surface area (Å²) in [5.41, 5.74) is 3.99. The van der Waals surface area contributed by atoms with E-state index in [0.29, 0.717) is 12.5 Å². The van der Waals surface area contributed by atoms with E-state index in [4.69, 9.17) is 9.73 Å². The number of ether oxygens (including phenoxy) is 1. The van der Waals surface area contributed by atoms with Gasteiger partial charge in [-0.2, -0.15) is 0 Å². The maximum atomic E-state index is 14.1. The maximum absolute atomic E-state index is 14.1. The van der Waals surface area contributed by atoms with E-state index < -0.39 is 0 Å². The third kappa shape index (κ3) is 1.41. The number of aliphatic imine (C=N–C) groups is 1. The van der Waals surface area contributed by atoms with Gasteiger partial charge in [0.15, 0.2) is 0 Å². The Balaban J connectivity index is 1.64. The third-order valence-corrected chi connectivity index (χ3v) is 7.81. The van der Waals surface area contributed by atoms with Gasteiger partial charge in [0.05, 0.1) is 28.8 Å². The fraction of sp³-hybridized carbons (Fsp3) is 0.524. The zero-order chi connectivity index (χ0) is 17.8. The first-order valence-electron chi connectivity index (χ1n) is 9.60. The average Bonchev–Trinajstić information content (AvgIpc) is 3.08. The number of allylic oxidation sites excluding steroid dienone is 1. The van der Waals surface area contributed by atoms with Crippen LogP contribution >= 0.6 is 0 Å². The van der Waals surface area contributed by atoms with Crippen LogP contribution in [-0.2, 0) is 14.9 Å². The zero-order valence-corrected chi connectivity index (χ0v) is 15.0. The number of carbonyl (C=O) groups is 1. The second-order valence-electron chi connectivity index (χ2n) is 8.60. The number of piperidine rings is 4. The topological polar surface area (TPSA) is 61.7 Å². The van der Waals surface area contributed by atoms with Gasteiger partial charge in [-0.05, 0) is 24.1 Å². The van der Waals surface area contributed by atoms with Crippen LogP contribution in [-0.4, -0.2) is 41.1 Å². The van der Waals surface area contributed by atoms with Crippen LogP contribution in [0.1, 0.15) is 32.3 Å². The van der Waals surface area contributed by atoms with Gasteiger partial charge in [-0.1, -0.05) is 24.3 Å². The first-order chi connectivity index (χ1) is 12.5. The standard InChI is InChI=1S/C21H22N2O3/c1-3-12-10-23(25)16-8-13(12)18-17(23)9-21(20(18)26-11(2)24)14-6-4-5-7-15(14)22-19(16)21/h3-7,13,16-18,20H,8-10H2,1-2H3/b12-3-/t13-,16-,17-,18?,20+,21+,23?/m0/s1. The largest absolute Gasteiger partial charge is 0.632 e. The minimum atomic E-state index is -0.383. The van der Waals surface area contributed by atoms with Crippen LogP contribution < -0.4 is 0 Å². The molecule has 4 saturated heterocycles. The molecule has 1 aromatic carbocycles. The molecule has 26 heavy (non-hydrogen) atoms. The van der Waals surface area contributed by atoms with Crippen molar-refractivity contribution in [2.45, 2.75) is 50.3 Å². The van der Waals surface area contributed by atoms with Gasteiger partial charge in [-0.25, -0.2) is 0 Å². The lowest BCUT2D eigenvalue weighted by Gasteiger charge is -2.65. The number of para-hydroxylation sites is 1. The highest BCUT2D eigenvalue weighted by Gasteiger charge is 2.78. The van der Waals surface area contributed by atoms with Crippen molar-refractivity contribution in [3.05, 3.63) is 46.7 Å². The minimum Gasteiger partial charge on any atom is -0.632 e. The van der Waals surface area contributed by atoms with E-state index in [0.717, 1.165) is 29.8 Å². The van der Waals surface area contributed by atoms with Gasteiger partial charge >= 0.3 is 5.97 Å². The Morgan fingerprint density at radius 3 is 3.00 bits per heavy atom. The molecular formula is C21H22N2O3. The summed E-state index contributed by atoms with van der Waals surface area (Å²) in [5.74, 6) is 0.189. The number of benzene rings is 1. The summed E-state index contributed by atoms with van der Waals surface area (Å²) >= 11 is 0. The highest BCUT2D eigenvalue weighted by molar-refractivity contribution is 6.07. The number of hydroxylamine groups is 3. The van der Waals surface area contributed by atoms with Crippen LogP contribution in [0.2, 0.25) is 0 Å². The molecule has 5 heterocycles. The van der Waals surface area contributed by atoms with Crippen LogP contribution in [0.15, 0.2) is 40.9 Å². The molecule has 7 atom stereocenters. The number of fused-ring (bicyclic) bond motifs is 2. The number of carbonyl (C=O) groups excluding carboxylic acids is 1. The van der Waals surface area contributed by atoms with Crippen LogP contribution in [0.25, 0.3) is 0 Å². The van der Waals surface area contributed by atoms with Gasteiger partial charge in [0.25, 0.3) is 0 Å². The fourth-order valence-corrected chi connectivity index (χ4v) is 7.06. The molecule has 5 nitrogen and oxygen atoms in total. The Bertz CT molecular complexity index is 922. The van der Waals surface area contributed by atoms with Crippen molar-refractivity contribution in [2.75, 3.05) is 6.54 Å². The number of rotatable bonds is 1. The number of hydrogen-bond acceptors (Lipinski definition) is 4. The maximum Gasteiger partial charge on any atom is 0.302 e. The number of nitrogens with zero attached hydrogens (tertiary/aromatic N) is 2. The summed E-state index contributed by atoms with van der Waals surface area (Å²) < 4.78 is 5.82. The molecule has 1 saturated carbocycles. The van der Waals surface area contributed by atoms with Crippen molar-refractivity contribution in [1.29, 1.82) is 0 Å². The normalized spacial score (nSPS) is 47.7. The van der Waals surface area contributed by atoms with E-state index in [1.54, 1.807) is 0 Å². The molecule has 0 aromatic heterocycles. The number of hydrogen-bond donors (Lipinski definition) is 0. The van der Waals surface area contributed by atoms with E-state index >= 15 is 0 Å². The second-order valence-corrected chi connectivity index (χ2v) is 8.60. The van der Waals surface area contributed by atoms with Gasteiger partial charge in [-0.3, -0.25) is 9.79 Å². The molecule has 5 heteroatoms. The summed E-state index contributed by atoms with van der Waals surface area (Å²) in [6, 6.07) is 8.10. The molecule has 134 valence electrons. The fourth-order valence-electron chi connectivity index (χ4n) is 7.06. The molecular weight excluding hydrogens is 328 g/mol. The van der Waals surface area contributed by atoms with E-state index in [2.05, 4.69) is 12.1 Å². The van der Waals surface area contributed by atoms with Crippen molar-refractivity contribution < 1.29 is 14.2 Å². The lowest BCUT2D eigenvalue weighted by molar-refractivity contribution is -0.934. The Morgan fingerprint density at radius 1 is 1.42 bits per heavy atom. The molecule has 5 fully saturated rings. The molecule has 6 aliphatic rings. The van der Waals surface area contributed by atoms with Gasteiger partial charge in [-0.15, -0.1) is 0 Å². The molecule has 1 aromatic rings. The lowest BCUT2D eigenvalue weighted by atomic mass is 9.66. The van der Waals surface area contributed by atoms with Crippen LogP contribution in [0.5, 0.6) is 0 Å². The Kier molecular flexibility index (Phi) is 2.59. The van der Waals surface area contributed by atoms with E-state index in [1.807, 2.05) is 25.1 Å².